The third-order valence-electron chi connectivity index (χ3n) is 4.94. The number of esters is 1. The molecule has 4 N–H and O–H groups in total. The van der Waals surface area contributed by atoms with Crippen molar-refractivity contribution in [3.8, 4) is 5.75 Å². The summed E-state index contributed by atoms with van der Waals surface area (Å²) >= 11 is 0. The van der Waals surface area contributed by atoms with E-state index in [0.717, 1.165) is 6.20 Å². The second kappa shape index (κ2) is 11.0. The SMILES string of the molecule is CC(C)OC(=O)[C@H](C)N[P@](=O)(OC[C@H]1O[C@@H](n2ccc(N)nc2=O)[C@H](O)C1(F)F)Oc1ccccc1. The van der Waals surface area contributed by atoms with Crippen LogP contribution in [0.1, 0.15) is 27.0 Å². The lowest BCUT2D eigenvalue weighted by atomic mass is 10.1. The fourth-order valence-corrected chi connectivity index (χ4v) is 4.69. The molecule has 0 aliphatic carbocycles. The van der Waals surface area contributed by atoms with E-state index in [1.807, 2.05) is 0 Å². The molecule has 5 atom stereocenters. The van der Waals surface area contributed by atoms with Crippen molar-refractivity contribution < 1.29 is 41.8 Å². The predicted molar refractivity (Wildman–Crippen MR) is 122 cm³/mol. The maximum atomic E-state index is 14.8. The summed E-state index contributed by atoms with van der Waals surface area (Å²) in [6.07, 6.45) is -5.85. The molecule has 2 heterocycles. The molecule has 1 aromatic carbocycles. The summed E-state index contributed by atoms with van der Waals surface area (Å²) in [5.41, 5.74) is 4.39. The number of aliphatic hydroxyl groups is 1. The number of aromatic nitrogens is 2. The lowest BCUT2D eigenvalue weighted by Gasteiger charge is -2.25. The van der Waals surface area contributed by atoms with Crippen molar-refractivity contribution in [1.82, 2.24) is 14.6 Å². The quantitative estimate of drug-likeness (QED) is 0.302. The Labute approximate surface area is 204 Å². The van der Waals surface area contributed by atoms with Crippen molar-refractivity contribution in [2.45, 2.75) is 57.3 Å². The molecule has 0 spiro atoms. The van der Waals surface area contributed by atoms with Crippen molar-refractivity contribution in [1.29, 1.82) is 0 Å². The summed E-state index contributed by atoms with van der Waals surface area (Å²) in [7, 11) is -4.47. The van der Waals surface area contributed by atoms with E-state index < -0.39 is 62.5 Å². The molecule has 0 radical (unpaired) electrons. The van der Waals surface area contributed by atoms with Gasteiger partial charge in [0, 0.05) is 6.20 Å². The molecule has 0 amide bonds. The van der Waals surface area contributed by atoms with E-state index in [-0.39, 0.29) is 11.6 Å². The van der Waals surface area contributed by atoms with Crippen LogP contribution in [0.5, 0.6) is 5.75 Å². The van der Waals surface area contributed by atoms with Crippen molar-refractivity contribution in [2.24, 2.45) is 0 Å². The Kier molecular flexibility index (Phi) is 8.47. The first kappa shape index (κ1) is 27.7. The molecule has 1 aliphatic rings. The first-order valence-corrected chi connectivity index (χ1v) is 12.4. The van der Waals surface area contributed by atoms with Crippen LogP contribution in [0.3, 0.4) is 0 Å². The number of carbonyl (C=O) groups excluding carboxylic acids is 1. The van der Waals surface area contributed by atoms with Crippen molar-refractivity contribution in [3.05, 3.63) is 53.1 Å². The predicted octanol–water partition coefficient (Wildman–Crippen LogP) is 1.85. The molecule has 15 heteroatoms. The van der Waals surface area contributed by atoms with Crippen molar-refractivity contribution in [3.63, 3.8) is 0 Å². The molecule has 1 saturated heterocycles. The minimum Gasteiger partial charge on any atom is -0.462 e. The zero-order valence-electron chi connectivity index (χ0n) is 19.6. The van der Waals surface area contributed by atoms with Gasteiger partial charge < -0.3 is 24.8 Å². The molecule has 0 saturated carbocycles. The number of halogens is 2. The Morgan fingerprint density at radius 3 is 2.58 bits per heavy atom. The Morgan fingerprint density at radius 2 is 1.97 bits per heavy atom. The molecule has 198 valence electrons. The van der Waals surface area contributed by atoms with Crippen LogP contribution >= 0.6 is 7.75 Å². The van der Waals surface area contributed by atoms with Crippen LogP contribution in [0.15, 0.2) is 47.4 Å². The topological polar surface area (TPSA) is 164 Å². The number of rotatable bonds is 10. The Balaban J connectivity index is 1.80. The number of nitrogens with one attached hydrogen (secondary N) is 1. The normalized spacial score (nSPS) is 23.7. The van der Waals surface area contributed by atoms with Crippen LogP contribution in [0, 0.1) is 0 Å². The minimum atomic E-state index is -4.47. The van der Waals surface area contributed by atoms with Crippen LogP contribution in [-0.2, 0) is 23.4 Å². The number of nitrogen functional groups attached to an aromatic ring is 1. The fraction of sp³-hybridized carbons (Fsp3) is 0.476. The third-order valence-corrected chi connectivity index (χ3v) is 6.59. The summed E-state index contributed by atoms with van der Waals surface area (Å²) in [6, 6.07) is 7.66. The fourth-order valence-electron chi connectivity index (χ4n) is 3.20. The van der Waals surface area contributed by atoms with Gasteiger partial charge in [0.2, 0.25) is 0 Å². The number of para-hydroxylation sites is 1. The summed E-state index contributed by atoms with van der Waals surface area (Å²) in [6.45, 7) is 3.52. The zero-order chi connectivity index (χ0) is 26.7. The summed E-state index contributed by atoms with van der Waals surface area (Å²) in [5.74, 6) is -4.79. The largest absolute Gasteiger partial charge is 0.462 e. The molecular formula is C21H27F2N4O8P. The maximum absolute atomic E-state index is 14.8. The number of hydrogen-bond donors (Lipinski definition) is 3. The average molecular weight is 532 g/mol. The molecule has 0 unspecified atom stereocenters. The number of aliphatic hydroxyl groups excluding tert-OH is 1. The second-order valence-corrected chi connectivity index (χ2v) is 9.90. The summed E-state index contributed by atoms with van der Waals surface area (Å²) in [4.78, 5) is 27.7. The first-order valence-electron chi connectivity index (χ1n) is 10.9. The van der Waals surface area contributed by atoms with Crippen LogP contribution < -0.4 is 21.0 Å². The Bertz CT molecular complexity index is 1170. The lowest BCUT2D eigenvalue weighted by molar-refractivity contribution is -0.149. The zero-order valence-corrected chi connectivity index (χ0v) is 20.5. The van der Waals surface area contributed by atoms with Gasteiger partial charge in [-0.3, -0.25) is 13.9 Å². The third kappa shape index (κ3) is 6.45. The molecule has 0 bridgehead atoms. The smallest absolute Gasteiger partial charge is 0.459 e. The van der Waals surface area contributed by atoms with E-state index in [1.165, 1.54) is 25.1 Å². The van der Waals surface area contributed by atoms with Crippen molar-refractivity contribution >= 4 is 19.5 Å². The van der Waals surface area contributed by atoms with Gasteiger partial charge in [0.25, 0.3) is 0 Å². The maximum Gasteiger partial charge on any atom is 0.459 e. The highest BCUT2D eigenvalue weighted by molar-refractivity contribution is 7.52. The minimum absolute atomic E-state index is 0.0641. The van der Waals surface area contributed by atoms with Gasteiger partial charge >= 0.3 is 25.3 Å². The highest BCUT2D eigenvalue weighted by Gasteiger charge is 2.60. The summed E-state index contributed by atoms with van der Waals surface area (Å²) < 4.78 is 64.7. The molecule has 36 heavy (non-hydrogen) atoms. The van der Waals surface area contributed by atoms with Gasteiger partial charge in [0.05, 0.1) is 12.7 Å². The molecular weight excluding hydrogens is 505 g/mol. The number of benzene rings is 1. The van der Waals surface area contributed by atoms with Crippen LogP contribution in [0.2, 0.25) is 0 Å². The number of hydrogen-bond acceptors (Lipinski definition) is 10. The number of ether oxygens (including phenoxy) is 2. The van der Waals surface area contributed by atoms with Gasteiger partial charge in [-0.15, -0.1) is 0 Å². The molecule has 3 rings (SSSR count). The average Bonchev–Trinajstić information content (AvgIpc) is 3.01. The van der Waals surface area contributed by atoms with E-state index >= 15 is 0 Å². The Morgan fingerprint density at radius 1 is 1.31 bits per heavy atom. The highest BCUT2D eigenvalue weighted by atomic mass is 31.2. The van der Waals surface area contributed by atoms with E-state index in [9.17, 15) is 28.0 Å². The van der Waals surface area contributed by atoms with Crippen LogP contribution in [0.4, 0.5) is 14.6 Å². The number of nitrogens with zero attached hydrogens (tertiary/aromatic N) is 2. The number of anilines is 1. The lowest BCUT2D eigenvalue weighted by Crippen LogP contribution is -2.42. The molecule has 2 aromatic rings. The van der Waals surface area contributed by atoms with E-state index in [0.29, 0.717) is 4.57 Å². The Hall–Kier alpha value is -2.90. The van der Waals surface area contributed by atoms with Crippen molar-refractivity contribution in [2.75, 3.05) is 12.3 Å². The standard InChI is InChI=1S/C21H27F2N4O8P/c1-12(2)33-19(29)13(3)26-36(31,35-14-7-5-4-6-8-14)32-11-15-21(22,23)17(28)18(34-15)27-10-9-16(24)25-20(27)30/h4-10,12-13,15,17-18,28H,11H2,1-3H3,(H,26,31)(H2,24,25,30)/t13-,15+,17-,18+,36-/m0/s1. The van der Waals surface area contributed by atoms with Gasteiger partial charge in [-0.25, -0.2) is 18.1 Å². The molecule has 1 aromatic heterocycles. The van der Waals surface area contributed by atoms with E-state index in [2.05, 4.69) is 10.1 Å². The molecule has 1 aliphatic heterocycles. The van der Waals surface area contributed by atoms with Gasteiger partial charge in [0.1, 0.15) is 17.6 Å². The highest BCUT2D eigenvalue weighted by Crippen LogP contribution is 2.48. The number of carbonyl (C=O) groups is 1. The van der Waals surface area contributed by atoms with Gasteiger partial charge in [-0.05, 0) is 39.0 Å². The van der Waals surface area contributed by atoms with Gasteiger partial charge in [0.15, 0.2) is 18.4 Å². The van der Waals surface area contributed by atoms with E-state index in [4.69, 9.17) is 24.3 Å². The van der Waals surface area contributed by atoms with E-state index in [1.54, 1.807) is 32.0 Å². The van der Waals surface area contributed by atoms with Crippen LogP contribution in [0.25, 0.3) is 0 Å². The second-order valence-electron chi connectivity index (χ2n) is 8.21. The monoisotopic (exact) mass is 532 g/mol. The van der Waals surface area contributed by atoms with Gasteiger partial charge in [-0.1, -0.05) is 18.2 Å². The summed E-state index contributed by atoms with van der Waals surface area (Å²) in [5, 5.41) is 12.5. The van der Waals surface area contributed by atoms with Crippen LogP contribution in [-0.4, -0.2) is 57.5 Å². The molecule has 1 fully saturated rings. The number of nitrogens with two attached hydrogens (primary N) is 1. The number of alkyl halides is 2. The first-order chi connectivity index (χ1) is 16.8. The van der Waals surface area contributed by atoms with Gasteiger partial charge in [-0.2, -0.15) is 10.1 Å². The molecule has 12 nitrogen and oxygen atoms in total.